The van der Waals surface area contributed by atoms with E-state index in [0.29, 0.717) is 12.0 Å². The minimum Gasteiger partial charge on any atom is -0.481 e. The van der Waals surface area contributed by atoms with Gasteiger partial charge in [0, 0.05) is 11.6 Å². The van der Waals surface area contributed by atoms with Gasteiger partial charge < -0.3 is 10.4 Å². The molecule has 1 amide bonds. The van der Waals surface area contributed by atoms with Crippen molar-refractivity contribution in [1.82, 2.24) is 5.32 Å². The van der Waals surface area contributed by atoms with E-state index in [-0.39, 0.29) is 11.9 Å². The zero-order valence-corrected chi connectivity index (χ0v) is 10.8. The van der Waals surface area contributed by atoms with Crippen molar-refractivity contribution in [3.63, 3.8) is 0 Å². The van der Waals surface area contributed by atoms with Crippen LogP contribution in [0.4, 0.5) is 0 Å². The fourth-order valence-corrected chi connectivity index (χ4v) is 2.62. The summed E-state index contributed by atoms with van der Waals surface area (Å²) >= 11 is 0. The summed E-state index contributed by atoms with van der Waals surface area (Å²) in [4.78, 5) is 23.4. The molecule has 0 radical (unpaired) electrons. The summed E-state index contributed by atoms with van der Waals surface area (Å²) in [5.74, 6) is -1.45. The molecule has 2 atom stereocenters. The molecule has 0 saturated heterocycles. The average Bonchev–Trinajstić information content (AvgIpc) is 2.65. The van der Waals surface area contributed by atoms with Crippen molar-refractivity contribution in [3.8, 4) is 0 Å². The Morgan fingerprint density at radius 1 is 1.05 bits per heavy atom. The van der Waals surface area contributed by atoms with Gasteiger partial charge in [-0.1, -0.05) is 37.5 Å². The largest absolute Gasteiger partial charge is 0.481 e. The van der Waals surface area contributed by atoms with Crippen LogP contribution in [0.3, 0.4) is 0 Å². The number of carbonyl (C=O) groups excluding carboxylic acids is 1. The number of amides is 1. The minimum atomic E-state index is -0.805. The van der Waals surface area contributed by atoms with Crippen LogP contribution in [0.15, 0.2) is 30.3 Å². The number of carboxylic acids is 1. The monoisotopic (exact) mass is 261 g/mol. The lowest BCUT2D eigenvalue weighted by molar-refractivity contribution is -0.142. The highest BCUT2D eigenvalue weighted by Gasteiger charge is 2.30. The summed E-state index contributed by atoms with van der Waals surface area (Å²) < 4.78 is 0. The van der Waals surface area contributed by atoms with Crippen LogP contribution in [0.5, 0.6) is 0 Å². The average molecular weight is 261 g/mol. The molecule has 1 aromatic rings. The van der Waals surface area contributed by atoms with E-state index >= 15 is 0 Å². The molecule has 0 spiro atoms. The molecule has 2 N–H and O–H groups in total. The van der Waals surface area contributed by atoms with Crippen molar-refractivity contribution in [2.75, 3.05) is 0 Å². The van der Waals surface area contributed by atoms with Crippen molar-refractivity contribution in [1.29, 1.82) is 0 Å². The second kappa shape index (κ2) is 6.36. The first-order chi connectivity index (χ1) is 9.18. The number of hydrogen-bond acceptors (Lipinski definition) is 2. The van der Waals surface area contributed by atoms with Gasteiger partial charge >= 0.3 is 5.97 Å². The van der Waals surface area contributed by atoms with Crippen LogP contribution in [0.1, 0.15) is 42.5 Å². The second-order valence-corrected chi connectivity index (χ2v) is 5.03. The molecule has 4 heteroatoms. The molecule has 0 unspecified atom stereocenters. The van der Waals surface area contributed by atoms with Crippen LogP contribution in [0.25, 0.3) is 0 Å². The van der Waals surface area contributed by atoms with E-state index < -0.39 is 11.9 Å². The molecule has 4 nitrogen and oxygen atoms in total. The topological polar surface area (TPSA) is 66.4 Å². The molecule has 102 valence electrons. The van der Waals surface area contributed by atoms with E-state index in [0.717, 1.165) is 25.7 Å². The second-order valence-electron chi connectivity index (χ2n) is 5.03. The van der Waals surface area contributed by atoms with Gasteiger partial charge in [0.1, 0.15) is 0 Å². The van der Waals surface area contributed by atoms with Crippen LogP contribution in [0, 0.1) is 5.92 Å². The maximum Gasteiger partial charge on any atom is 0.308 e. The van der Waals surface area contributed by atoms with Crippen molar-refractivity contribution in [3.05, 3.63) is 35.9 Å². The zero-order chi connectivity index (χ0) is 13.7. The molecule has 0 bridgehead atoms. The fourth-order valence-electron chi connectivity index (χ4n) is 2.62. The van der Waals surface area contributed by atoms with Gasteiger partial charge in [0.25, 0.3) is 5.91 Å². The number of benzene rings is 1. The third kappa shape index (κ3) is 3.56. The lowest BCUT2D eigenvalue weighted by atomic mass is 9.94. The predicted molar refractivity (Wildman–Crippen MR) is 71.9 cm³/mol. The van der Waals surface area contributed by atoms with Crippen LogP contribution >= 0.6 is 0 Å². The van der Waals surface area contributed by atoms with Crippen LogP contribution in [-0.2, 0) is 4.79 Å². The lowest BCUT2D eigenvalue weighted by Gasteiger charge is -2.22. The molecule has 1 aliphatic carbocycles. The molecule has 0 heterocycles. The summed E-state index contributed by atoms with van der Waals surface area (Å²) in [6.07, 6.45) is 4.34. The Bertz CT molecular complexity index is 444. The van der Waals surface area contributed by atoms with E-state index in [4.69, 9.17) is 0 Å². The summed E-state index contributed by atoms with van der Waals surface area (Å²) in [6.45, 7) is 0. The molecule has 1 aromatic carbocycles. The Morgan fingerprint density at radius 3 is 2.42 bits per heavy atom. The number of aliphatic carboxylic acids is 1. The molecule has 2 rings (SSSR count). The normalized spacial score (nSPS) is 23.4. The Morgan fingerprint density at radius 2 is 1.74 bits per heavy atom. The zero-order valence-electron chi connectivity index (χ0n) is 10.8. The molecule has 0 aliphatic heterocycles. The standard InChI is InChI=1S/C15H19NO3/c17-14(11-7-3-1-4-8-11)16-13-10-6-2-5-9-12(13)15(18)19/h1,3-4,7-8,12-13H,2,5-6,9-10H2,(H,16,17)(H,18,19)/t12-,13+/m1/s1. The van der Waals surface area contributed by atoms with Gasteiger partial charge in [-0.3, -0.25) is 9.59 Å². The Kier molecular flexibility index (Phi) is 4.55. The third-order valence-electron chi connectivity index (χ3n) is 3.69. The van der Waals surface area contributed by atoms with E-state index in [1.807, 2.05) is 6.07 Å². The van der Waals surface area contributed by atoms with Gasteiger partial charge in [0.15, 0.2) is 0 Å². The highest BCUT2D eigenvalue weighted by atomic mass is 16.4. The molecule has 1 aliphatic rings. The summed E-state index contributed by atoms with van der Waals surface area (Å²) in [7, 11) is 0. The smallest absolute Gasteiger partial charge is 0.308 e. The Labute approximate surface area is 112 Å². The SMILES string of the molecule is O=C(N[C@H]1CCCCC[C@H]1C(=O)O)c1ccccc1. The first-order valence-corrected chi connectivity index (χ1v) is 6.77. The lowest BCUT2D eigenvalue weighted by Crippen LogP contribution is -2.42. The van der Waals surface area contributed by atoms with Crippen LogP contribution in [-0.4, -0.2) is 23.0 Å². The van der Waals surface area contributed by atoms with Gasteiger partial charge in [-0.15, -0.1) is 0 Å². The van der Waals surface area contributed by atoms with Crippen molar-refractivity contribution in [2.24, 2.45) is 5.92 Å². The summed E-state index contributed by atoms with van der Waals surface area (Å²) in [5.41, 5.74) is 0.580. The van der Waals surface area contributed by atoms with E-state index in [1.54, 1.807) is 24.3 Å². The van der Waals surface area contributed by atoms with Crippen LogP contribution < -0.4 is 5.32 Å². The van der Waals surface area contributed by atoms with E-state index in [1.165, 1.54) is 0 Å². The summed E-state index contributed by atoms with van der Waals surface area (Å²) in [5, 5.41) is 12.2. The minimum absolute atomic E-state index is 0.182. The number of carbonyl (C=O) groups is 2. The van der Waals surface area contributed by atoms with Crippen molar-refractivity contribution >= 4 is 11.9 Å². The quantitative estimate of drug-likeness (QED) is 0.821. The molecule has 0 aromatic heterocycles. The molecular weight excluding hydrogens is 242 g/mol. The molecule has 19 heavy (non-hydrogen) atoms. The number of carboxylic acid groups (broad SMARTS) is 1. The molecule has 1 fully saturated rings. The highest BCUT2D eigenvalue weighted by Crippen LogP contribution is 2.24. The van der Waals surface area contributed by atoms with E-state index in [9.17, 15) is 14.7 Å². The summed E-state index contributed by atoms with van der Waals surface area (Å²) in [6, 6.07) is 8.67. The maximum atomic E-state index is 12.1. The van der Waals surface area contributed by atoms with Gasteiger partial charge in [0.05, 0.1) is 5.92 Å². The first-order valence-electron chi connectivity index (χ1n) is 6.77. The fraction of sp³-hybridized carbons (Fsp3) is 0.467. The maximum absolute atomic E-state index is 12.1. The van der Waals surface area contributed by atoms with Gasteiger partial charge in [0.2, 0.25) is 0 Å². The van der Waals surface area contributed by atoms with Gasteiger partial charge in [-0.2, -0.15) is 0 Å². The van der Waals surface area contributed by atoms with E-state index in [2.05, 4.69) is 5.32 Å². The Balaban J connectivity index is 2.06. The predicted octanol–water partition coefficient (Wildman–Crippen LogP) is 2.45. The van der Waals surface area contributed by atoms with Crippen molar-refractivity contribution < 1.29 is 14.7 Å². The van der Waals surface area contributed by atoms with Crippen molar-refractivity contribution in [2.45, 2.75) is 38.1 Å². The highest BCUT2D eigenvalue weighted by molar-refractivity contribution is 5.94. The number of nitrogens with one attached hydrogen (secondary N) is 1. The number of rotatable bonds is 3. The van der Waals surface area contributed by atoms with Gasteiger partial charge in [-0.25, -0.2) is 0 Å². The van der Waals surface area contributed by atoms with Crippen LogP contribution in [0.2, 0.25) is 0 Å². The number of hydrogen-bond donors (Lipinski definition) is 2. The Hall–Kier alpha value is -1.84. The first kappa shape index (κ1) is 13.6. The third-order valence-corrected chi connectivity index (χ3v) is 3.69. The molecular formula is C15H19NO3. The van der Waals surface area contributed by atoms with Gasteiger partial charge in [-0.05, 0) is 25.0 Å². The molecule has 1 saturated carbocycles.